The summed E-state index contributed by atoms with van der Waals surface area (Å²) in [5.74, 6) is -0.323. The second-order valence-electron chi connectivity index (χ2n) is 9.79. The highest BCUT2D eigenvalue weighted by atomic mass is 35.5. The van der Waals surface area contributed by atoms with Crippen molar-refractivity contribution in [1.82, 2.24) is 15.3 Å². The molecular weight excluding hydrogens is 511 g/mol. The molecule has 0 unspecified atom stereocenters. The summed E-state index contributed by atoms with van der Waals surface area (Å²) in [6, 6.07) is 5.09. The molecule has 9 nitrogen and oxygen atoms in total. The smallest absolute Gasteiger partial charge is 0.407 e. The Morgan fingerprint density at radius 2 is 1.77 bits per heavy atom. The van der Waals surface area contributed by atoms with Crippen molar-refractivity contribution in [3.05, 3.63) is 33.1 Å². The Balaban J connectivity index is 1.91. The zero-order valence-corrected chi connectivity index (χ0v) is 22.4. The third-order valence-electron chi connectivity index (χ3n) is 4.84. The summed E-state index contributed by atoms with van der Waals surface area (Å²) in [6.07, 6.45) is -0.488. The van der Waals surface area contributed by atoms with Crippen molar-refractivity contribution in [2.24, 2.45) is 11.1 Å². The summed E-state index contributed by atoms with van der Waals surface area (Å²) in [4.78, 5) is 33.8. The van der Waals surface area contributed by atoms with E-state index in [1.807, 2.05) is 13.8 Å². The lowest BCUT2D eigenvalue weighted by Gasteiger charge is -2.27. The number of ether oxygens (including phenoxy) is 1. The lowest BCUT2D eigenvalue weighted by atomic mass is 9.93. The fraction of sp³-hybridized carbons (Fsp3) is 0.391. The molecule has 0 aliphatic carbocycles. The van der Waals surface area contributed by atoms with Crippen LogP contribution in [0.4, 0.5) is 16.4 Å². The Kier molecular flexibility index (Phi) is 7.68. The predicted octanol–water partition coefficient (Wildman–Crippen LogP) is 5.31. The quantitative estimate of drug-likeness (QED) is 0.318. The molecule has 0 fully saturated rings. The molecule has 3 rings (SSSR count). The maximum Gasteiger partial charge on any atom is 0.407 e. The van der Waals surface area contributed by atoms with E-state index in [-0.39, 0.29) is 16.0 Å². The van der Waals surface area contributed by atoms with Gasteiger partial charge in [-0.25, -0.2) is 14.8 Å². The van der Waals surface area contributed by atoms with E-state index in [1.54, 1.807) is 39.0 Å². The van der Waals surface area contributed by atoms with Crippen LogP contribution in [0.5, 0.6) is 0 Å². The predicted molar refractivity (Wildman–Crippen MR) is 142 cm³/mol. The van der Waals surface area contributed by atoms with E-state index in [4.69, 9.17) is 39.4 Å². The molecule has 35 heavy (non-hydrogen) atoms. The number of aromatic nitrogens is 2. The number of halogens is 2. The van der Waals surface area contributed by atoms with Gasteiger partial charge in [-0.3, -0.25) is 4.79 Å². The number of nitrogens with zero attached hydrogens (tertiary/aromatic N) is 2. The van der Waals surface area contributed by atoms with Crippen LogP contribution in [0.25, 0.3) is 21.5 Å². The highest BCUT2D eigenvalue weighted by molar-refractivity contribution is 7.21. The van der Waals surface area contributed by atoms with Crippen molar-refractivity contribution in [1.29, 1.82) is 0 Å². The van der Waals surface area contributed by atoms with E-state index in [0.717, 1.165) is 11.3 Å². The summed E-state index contributed by atoms with van der Waals surface area (Å²) in [5.41, 5.74) is 12.2. The van der Waals surface area contributed by atoms with Crippen LogP contribution in [0.1, 0.15) is 44.3 Å². The fourth-order valence-corrected chi connectivity index (χ4v) is 4.39. The molecule has 12 heteroatoms. The third-order valence-corrected chi connectivity index (χ3v) is 6.69. The van der Waals surface area contributed by atoms with E-state index in [0.29, 0.717) is 50.6 Å². The SMILES string of the molecule is CC(C)(CNC(=O)OC(C)(C)C)CNc1nc(-c2ccc(Cl)c(Cl)c2)c2c(N)c(C(N)=O)sc2n1. The zero-order valence-electron chi connectivity index (χ0n) is 20.1. The van der Waals surface area contributed by atoms with Gasteiger partial charge in [0.05, 0.1) is 26.8 Å². The number of anilines is 2. The average Bonchev–Trinajstić information content (AvgIpc) is 3.08. The van der Waals surface area contributed by atoms with E-state index in [2.05, 4.69) is 20.6 Å². The van der Waals surface area contributed by atoms with Crippen molar-refractivity contribution in [2.45, 2.75) is 40.2 Å². The van der Waals surface area contributed by atoms with Gasteiger partial charge in [0.2, 0.25) is 5.95 Å². The van der Waals surface area contributed by atoms with E-state index < -0.39 is 17.6 Å². The molecule has 1 aromatic carbocycles. The monoisotopic (exact) mass is 538 g/mol. The standard InChI is InChI=1S/C23H28Cl2N6O3S/c1-22(2,3)34-21(33)29-10-23(4,5)9-28-20-30-16(11-6-7-12(24)13(25)8-11)14-15(26)17(18(27)32)35-19(14)31-20/h6-8H,9-10,26H2,1-5H3,(H2,27,32)(H,29,33)(H,28,30,31). The highest BCUT2D eigenvalue weighted by Crippen LogP contribution is 2.40. The first kappa shape index (κ1) is 26.8. The molecule has 0 saturated heterocycles. The van der Waals surface area contributed by atoms with Crippen LogP contribution in [-0.4, -0.2) is 40.7 Å². The summed E-state index contributed by atoms with van der Waals surface area (Å²) in [7, 11) is 0. The molecule has 0 aliphatic rings. The van der Waals surface area contributed by atoms with Crippen molar-refractivity contribution < 1.29 is 14.3 Å². The number of carbonyl (C=O) groups is 2. The number of alkyl carbamates (subject to hydrolysis) is 1. The summed E-state index contributed by atoms with van der Waals surface area (Å²) in [5, 5.41) is 7.26. The number of amides is 2. The Bertz CT molecular complexity index is 1290. The van der Waals surface area contributed by atoms with Gasteiger partial charge in [0.1, 0.15) is 15.3 Å². The molecule has 0 atom stereocenters. The maximum atomic E-state index is 12.0. The van der Waals surface area contributed by atoms with Gasteiger partial charge in [0.25, 0.3) is 5.91 Å². The van der Waals surface area contributed by atoms with E-state index >= 15 is 0 Å². The number of benzene rings is 1. The number of hydrogen-bond acceptors (Lipinski definition) is 8. The van der Waals surface area contributed by atoms with Crippen LogP contribution in [0.3, 0.4) is 0 Å². The minimum absolute atomic E-state index is 0.203. The number of thiophene rings is 1. The molecule has 0 bridgehead atoms. The van der Waals surface area contributed by atoms with Crippen molar-refractivity contribution >= 4 is 68.4 Å². The van der Waals surface area contributed by atoms with E-state index in [1.165, 1.54) is 0 Å². The zero-order chi connectivity index (χ0) is 26.1. The molecule has 2 aromatic heterocycles. The number of carbonyl (C=O) groups excluding carboxylic acids is 2. The molecular formula is C23H28Cl2N6O3S. The minimum atomic E-state index is -0.644. The number of nitrogen functional groups attached to an aromatic ring is 1. The van der Waals surface area contributed by atoms with Gasteiger partial charge in [-0.1, -0.05) is 43.1 Å². The van der Waals surface area contributed by atoms with Crippen molar-refractivity contribution in [3.63, 3.8) is 0 Å². The molecule has 0 aliphatic heterocycles. The van der Waals surface area contributed by atoms with Crippen LogP contribution in [0.2, 0.25) is 10.0 Å². The van der Waals surface area contributed by atoms with Gasteiger partial charge >= 0.3 is 6.09 Å². The Morgan fingerprint density at radius 3 is 2.37 bits per heavy atom. The number of primary amides is 1. The van der Waals surface area contributed by atoms with Gasteiger partial charge in [-0.15, -0.1) is 11.3 Å². The number of nitrogens with one attached hydrogen (secondary N) is 2. The lowest BCUT2D eigenvalue weighted by molar-refractivity contribution is 0.0508. The molecule has 0 saturated carbocycles. The molecule has 2 amide bonds. The lowest BCUT2D eigenvalue weighted by Crippen LogP contribution is -2.40. The number of rotatable bonds is 7. The maximum absolute atomic E-state index is 12.0. The fourth-order valence-electron chi connectivity index (χ4n) is 3.14. The van der Waals surface area contributed by atoms with Crippen LogP contribution >= 0.6 is 34.5 Å². The second kappa shape index (κ2) is 10.0. The van der Waals surface area contributed by atoms with Gasteiger partial charge in [-0.05, 0) is 38.3 Å². The Labute approximate surface area is 217 Å². The first-order valence-corrected chi connectivity index (χ1v) is 12.3. The summed E-state index contributed by atoms with van der Waals surface area (Å²) >= 11 is 13.4. The molecule has 0 radical (unpaired) electrons. The second-order valence-corrected chi connectivity index (χ2v) is 11.6. The van der Waals surface area contributed by atoms with Gasteiger partial charge in [-0.2, -0.15) is 0 Å². The third kappa shape index (κ3) is 6.65. The molecule has 2 heterocycles. The van der Waals surface area contributed by atoms with Crippen LogP contribution < -0.4 is 22.1 Å². The van der Waals surface area contributed by atoms with Crippen LogP contribution in [0.15, 0.2) is 18.2 Å². The van der Waals surface area contributed by atoms with Crippen LogP contribution in [-0.2, 0) is 4.74 Å². The molecule has 0 spiro atoms. The number of nitrogens with two attached hydrogens (primary N) is 2. The first-order valence-electron chi connectivity index (χ1n) is 10.7. The summed E-state index contributed by atoms with van der Waals surface area (Å²) in [6.45, 7) is 10.2. The molecule has 3 aromatic rings. The van der Waals surface area contributed by atoms with Gasteiger partial charge < -0.3 is 26.8 Å². The largest absolute Gasteiger partial charge is 0.444 e. The topological polar surface area (TPSA) is 145 Å². The average molecular weight is 539 g/mol. The van der Waals surface area contributed by atoms with Crippen molar-refractivity contribution in [3.8, 4) is 11.3 Å². The molecule has 6 N–H and O–H groups in total. The van der Waals surface area contributed by atoms with Gasteiger partial charge in [0.15, 0.2) is 0 Å². The van der Waals surface area contributed by atoms with Crippen LogP contribution in [0, 0.1) is 5.41 Å². The Hall–Kier alpha value is -2.82. The summed E-state index contributed by atoms with van der Waals surface area (Å²) < 4.78 is 5.30. The molecule has 188 valence electrons. The highest BCUT2D eigenvalue weighted by Gasteiger charge is 2.24. The Morgan fingerprint density at radius 1 is 1.09 bits per heavy atom. The number of fused-ring (bicyclic) bond motifs is 1. The van der Waals surface area contributed by atoms with E-state index in [9.17, 15) is 9.59 Å². The normalized spacial score (nSPS) is 12.0. The minimum Gasteiger partial charge on any atom is -0.444 e. The number of hydrogen-bond donors (Lipinski definition) is 4. The van der Waals surface area contributed by atoms with Gasteiger partial charge in [0, 0.05) is 18.7 Å². The van der Waals surface area contributed by atoms with Crippen molar-refractivity contribution in [2.75, 3.05) is 24.1 Å². The first-order chi connectivity index (χ1) is 16.2.